The first-order chi connectivity index (χ1) is 14.5. The van der Waals surface area contributed by atoms with Gasteiger partial charge in [0.25, 0.3) is 5.91 Å². The van der Waals surface area contributed by atoms with Crippen LogP contribution in [0.5, 0.6) is 0 Å². The van der Waals surface area contributed by atoms with Crippen LogP contribution in [0, 0.1) is 5.92 Å². The zero-order valence-electron chi connectivity index (χ0n) is 17.6. The molecular formula is C23H29N3O4. The lowest BCUT2D eigenvalue weighted by molar-refractivity contribution is -0.134. The highest BCUT2D eigenvalue weighted by molar-refractivity contribution is 6.02. The molecule has 1 atom stereocenters. The monoisotopic (exact) mass is 411 g/mol. The van der Waals surface area contributed by atoms with Crippen molar-refractivity contribution in [2.75, 3.05) is 37.5 Å². The molecule has 1 aromatic carbocycles. The maximum atomic E-state index is 13.0. The Morgan fingerprint density at radius 3 is 2.63 bits per heavy atom. The van der Waals surface area contributed by atoms with Gasteiger partial charge in [-0.3, -0.25) is 9.59 Å². The quantitative estimate of drug-likeness (QED) is 0.719. The van der Waals surface area contributed by atoms with Crippen LogP contribution in [0.15, 0.2) is 41.0 Å². The van der Waals surface area contributed by atoms with Gasteiger partial charge in [-0.1, -0.05) is 0 Å². The SMILES string of the molecule is CN(C)c1ccc(NC(=O)c2ccco2)cc1CN(CC1CCCO1)C(=O)C1CC1. The summed E-state index contributed by atoms with van der Waals surface area (Å²) < 4.78 is 11.0. The van der Waals surface area contributed by atoms with Gasteiger partial charge in [0, 0.05) is 51.1 Å². The molecule has 2 fully saturated rings. The van der Waals surface area contributed by atoms with E-state index in [1.807, 2.05) is 42.1 Å². The number of ether oxygens (including phenoxy) is 1. The van der Waals surface area contributed by atoms with Crippen molar-refractivity contribution < 1.29 is 18.7 Å². The van der Waals surface area contributed by atoms with Crippen LogP contribution in [-0.2, 0) is 16.1 Å². The normalized spacial score (nSPS) is 18.3. The number of rotatable bonds is 8. The number of nitrogens with zero attached hydrogens (tertiary/aromatic N) is 2. The van der Waals surface area contributed by atoms with E-state index in [4.69, 9.17) is 9.15 Å². The predicted octanol–water partition coefficient (Wildman–Crippen LogP) is 3.52. The number of anilines is 2. The van der Waals surface area contributed by atoms with Crippen LogP contribution in [0.25, 0.3) is 0 Å². The Morgan fingerprint density at radius 1 is 1.17 bits per heavy atom. The molecule has 7 heteroatoms. The summed E-state index contributed by atoms with van der Waals surface area (Å²) in [5.74, 6) is 0.322. The molecule has 2 aliphatic rings. The summed E-state index contributed by atoms with van der Waals surface area (Å²) in [6, 6.07) is 9.09. The molecule has 1 saturated carbocycles. The Kier molecular flexibility index (Phi) is 6.08. The average molecular weight is 412 g/mol. The van der Waals surface area contributed by atoms with Crippen molar-refractivity contribution in [1.29, 1.82) is 0 Å². The summed E-state index contributed by atoms with van der Waals surface area (Å²) in [5.41, 5.74) is 2.68. The Hall–Kier alpha value is -2.80. The summed E-state index contributed by atoms with van der Waals surface area (Å²) in [4.78, 5) is 29.3. The van der Waals surface area contributed by atoms with E-state index in [1.165, 1.54) is 6.26 Å². The highest BCUT2D eigenvalue weighted by atomic mass is 16.5. The van der Waals surface area contributed by atoms with Gasteiger partial charge < -0.3 is 24.3 Å². The second-order valence-electron chi connectivity index (χ2n) is 8.30. The van der Waals surface area contributed by atoms with Gasteiger partial charge in [-0.05, 0) is 61.6 Å². The van der Waals surface area contributed by atoms with Gasteiger partial charge in [-0.15, -0.1) is 0 Å². The molecule has 4 rings (SSSR count). The highest BCUT2D eigenvalue weighted by Gasteiger charge is 2.35. The summed E-state index contributed by atoms with van der Waals surface area (Å²) in [5, 5.41) is 2.88. The van der Waals surface area contributed by atoms with Crippen LogP contribution in [0.2, 0.25) is 0 Å². The third-order valence-electron chi connectivity index (χ3n) is 5.61. The Labute approximate surface area is 177 Å². The molecule has 30 heavy (non-hydrogen) atoms. The first-order valence-corrected chi connectivity index (χ1v) is 10.6. The van der Waals surface area contributed by atoms with Gasteiger partial charge in [0.1, 0.15) is 0 Å². The molecule has 1 N–H and O–H groups in total. The number of furan rings is 1. The molecule has 1 saturated heterocycles. The zero-order chi connectivity index (χ0) is 21.1. The zero-order valence-corrected chi connectivity index (χ0v) is 17.6. The minimum Gasteiger partial charge on any atom is -0.459 e. The number of carbonyl (C=O) groups is 2. The van der Waals surface area contributed by atoms with Gasteiger partial charge in [0.2, 0.25) is 5.91 Å². The second kappa shape index (κ2) is 8.92. The van der Waals surface area contributed by atoms with Crippen molar-refractivity contribution >= 4 is 23.2 Å². The van der Waals surface area contributed by atoms with Crippen molar-refractivity contribution in [2.24, 2.45) is 5.92 Å². The van der Waals surface area contributed by atoms with E-state index in [1.54, 1.807) is 12.1 Å². The Bertz CT molecular complexity index is 884. The van der Waals surface area contributed by atoms with E-state index in [9.17, 15) is 9.59 Å². The fourth-order valence-electron chi connectivity index (χ4n) is 3.89. The topological polar surface area (TPSA) is 75.0 Å². The molecule has 2 amide bonds. The molecule has 1 aromatic heterocycles. The lowest BCUT2D eigenvalue weighted by Gasteiger charge is -2.28. The molecule has 160 valence electrons. The van der Waals surface area contributed by atoms with Crippen LogP contribution in [0.4, 0.5) is 11.4 Å². The number of hydrogen-bond donors (Lipinski definition) is 1. The summed E-state index contributed by atoms with van der Waals surface area (Å²) >= 11 is 0. The van der Waals surface area contributed by atoms with E-state index in [0.717, 1.165) is 43.5 Å². The molecule has 2 heterocycles. The van der Waals surface area contributed by atoms with Crippen molar-refractivity contribution in [3.05, 3.63) is 47.9 Å². The van der Waals surface area contributed by atoms with Gasteiger partial charge >= 0.3 is 0 Å². The standard InChI is InChI=1S/C23H29N3O4/c1-25(2)20-10-9-18(24-22(27)21-6-4-12-30-21)13-17(20)14-26(23(28)16-7-8-16)15-19-5-3-11-29-19/h4,6,9-10,12-13,16,19H,3,5,7-8,11,14-15H2,1-2H3,(H,24,27). The third-order valence-corrected chi connectivity index (χ3v) is 5.61. The lowest BCUT2D eigenvalue weighted by Crippen LogP contribution is -2.38. The Balaban J connectivity index is 1.55. The van der Waals surface area contributed by atoms with E-state index in [0.29, 0.717) is 18.8 Å². The third kappa shape index (κ3) is 4.84. The van der Waals surface area contributed by atoms with Crippen LogP contribution in [0.3, 0.4) is 0 Å². The number of benzene rings is 1. The van der Waals surface area contributed by atoms with Crippen molar-refractivity contribution in [3.63, 3.8) is 0 Å². The Morgan fingerprint density at radius 2 is 2.00 bits per heavy atom. The molecule has 0 radical (unpaired) electrons. The van der Waals surface area contributed by atoms with Crippen molar-refractivity contribution in [3.8, 4) is 0 Å². The van der Waals surface area contributed by atoms with E-state index in [-0.39, 0.29) is 29.6 Å². The summed E-state index contributed by atoms with van der Waals surface area (Å²) in [6.07, 6.45) is 5.57. The van der Waals surface area contributed by atoms with Gasteiger partial charge in [0.05, 0.1) is 12.4 Å². The van der Waals surface area contributed by atoms with E-state index in [2.05, 4.69) is 5.32 Å². The van der Waals surface area contributed by atoms with Crippen molar-refractivity contribution in [2.45, 2.75) is 38.3 Å². The number of carbonyl (C=O) groups excluding carboxylic acids is 2. The fraction of sp³-hybridized carbons (Fsp3) is 0.478. The first kappa shape index (κ1) is 20.5. The van der Waals surface area contributed by atoms with Crippen molar-refractivity contribution in [1.82, 2.24) is 4.90 Å². The molecule has 2 aromatic rings. The maximum Gasteiger partial charge on any atom is 0.291 e. The smallest absolute Gasteiger partial charge is 0.291 e. The number of nitrogens with one attached hydrogen (secondary N) is 1. The van der Waals surface area contributed by atoms with Crippen LogP contribution >= 0.6 is 0 Å². The molecule has 1 aliphatic carbocycles. The first-order valence-electron chi connectivity index (χ1n) is 10.6. The highest BCUT2D eigenvalue weighted by Crippen LogP contribution is 2.33. The lowest BCUT2D eigenvalue weighted by atomic mass is 10.1. The largest absolute Gasteiger partial charge is 0.459 e. The van der Waals surface area contributed by atoms with Gasteiger partial charge in [-0.25, -0.2) is 0 Å². The molecule has 7 nitrogen and oxygen atoms in total. The summed E-state index contributed by atoms with van der Waals surface area (Å²) in [6.45, 7) is 1.88. The minimum absolute atomic E-state index is 0.109. The number of amides is 2. The van der Waals surface area contributed by atoms with Gasteiger partial charge in [-0.2, -0.15) is 0 Å². The minimum atomic E-state index is -0.297. The molecular weight excluding hydrogens is 382 g/mol. The molecule has 0 bridgehead atoms. The average Bonchev–Trinajstić information content (AvgIpc) is 3.18. The fourth-order valence-corrected chi connectivity index (χ4v) is 3.89. The molecule has 0 spiro atoms. The maximum absolute atomic E-state index is 13.0. The van der Waals surface area contributed by atoms with E-state index >= 15 is 0 Å². The predicted molar refractivity (Wildman–Crippen MR) is 115 cm³/mol. The van der Waals surface area contributed by atoms with Crippen LogP contribution in [0.1, 0.15) is 41.8 Å². The van der Waals surface area contributed by atoms with Gasteiger partial charge in [0.15, 0.2) is 5.76 Å². The molecule has 1 aliphatic heterocycles. The van der Waals surface area contributed by atoms with Crippen LogP contribution in [-0.4, -0.2) is 50.1 Å². The second-order valence-corrected chi connectivity index (χ2v) is 8.30. The van der Waals surface area contributed by atoms with Crippen LogP contribution < -0.4 is 10.2 Å². The van der Waals surface area contributed by atoms with E-state index < -0.39 is 0 Å². The summed E-state index contributed by atoms with van der Waals surface area (Å²) in [7, 11) is 3.96. The molecule has 1 unspecified atom stereocenters. The number of hydrogen-bond acceptors (Lipinski definition) is 5.